The van der Waals surface area contributed by atoms with Crippen LogP contribution < -0.4 is 0 Å². The van der Waals surface area contributed by atoms with E-state index >= 15 is 0 Å². The molecular formula is C22H23N3O. The topological polar surface area (TPSA) is 38.1 Å². The molecular weight excluding hydrogens is 322 g/mol. The van der Waals surface area contributed by atoms with Crippen LogP contribution in [0, 0.1) is 6.92 Å². The first-order valence-corrected chi connectivity index (χ1v) is 9.07. The lowest BCUT2D eigenvalue weighted by Crippen LogP contribution is -2.34. The van der Waals surface area contributed by atoms with E-state index in [1.54, 1.807) is 6.92 Å². The maximum atomic E-state index is 11.9. The first-order chi connectivity index (χ1) is 12.6. The highest BCUT2D eigenvalue weighted by Gasteiger charge is 2.26. The van der Waals surface area contributed by atoms with Crippen molar-refractivity contribution in [1.82, 2.24) is 14.7 Å². The zero-order chi connectivity index (χ0) is 18.1. The smallest absolute Gasteiger partial charge is 0.219 e. The molecule has 0 saturated heterocycles. The molecule has 0 radical (unpaired) electrons. The minimum atomic E-state index is 0.126. The molecule has 0 atom stereocenters. The van der Waals surface area contributed by atoms with Gasteiger partial charge in [0.15, 0.2) is 0 Å². The number of hydrogen-bond donors (Lipinski definition) is 0. The van der Waals surface area contributed by atoms with Crippen LogP contribution in [0.25, 0.3) is 11.3 Å². The van der Waals surface area contributed by atoms with Crippen LogP contribution in [0.1, 0.15) is 29.3 Å². The molecule has 4 rings (SSSR count). The van der Waals surface area contributed by atoms with E-state index in [1.165, 1.54) is 22.4 Å². The van der Waals surface area contributed by atoms with Crippen LogP contribution in [0.2, 0.25) is 0 Å². The van der Waals surface area contributed by atoms with Gasteiger partial charge in [0, 0.05) is 43.3 Å². The monoisotopic (exact) mass is 345 g/mol. The number of benzene rings is 2. The van der Waals surface area contributed by atoms with Crippen LogP contribution in [0.5, 0.6) is 0 Å². The Morgan fingerprint density at radius 2 is 1.81 bits per heavy atom. The predicted octanol–water partition coefficient (Wildman–Crippen LogP) is 3.81. The van der Waals surface area contributed by atoms with E-state index in [-0.39, 0.29) is 5.91 Å². The summed E-state index contributed by atoms with van der Waals surface area (Å²) in [5, 5.41) is 4.96. The fourth-order valence-corrected chi connectivity index (χ4v) is 3.59. The van der Waals surface area contributed by atoms with E-state index in [1.807, 2.05) is 11.0 Å². The van der Waals surface area contributed by atoms with Gasteiger partial charge < -0.3 is 4.90 Å². The lowest BCUT2D eigenvalue weighted by molar-refractivity contribution is -0.129. The van der Waals surface area contributed by atoms with Gasteiger partial charge in [0.25, 0.3) is 0 Å². The number of aromatic nitrogens is 2. The molecule has 1 amide bonds. The molecule has 26 heavy (non-hydrogen) atoms. The summed E-state index contributed by atoms with van der Waals surface area (Å²) < 4.78 is 2.12. The van der Waals surface area contributed by atoms with Gasteiger partial charge in [-0.1, -0.05) is 60.2 Å². The SMILES string of the molecule is CC(=O)N1CCc2c(c(-c3ccc(C)cc3)nn2Cc2ccccc2)C1. The van der Waals surface area contributed by atoms with Gasteiger partial charge in [0.05, 0.1) is 12.2 Å². The Morgan fingerprint density at radius 3 is 2.50 bits per heavy atom. The number of rotatable bonds is 3. The van der Waals surface area contributed by atoms with Gasteiger partial charge in [0.2, 0.25) is 5.91 Å². The third-order valence-electron chi connectivity index (χ3n) is 5.08. The zero-order valence-electron chi connectivity index (χ0n) is 15.3. The third-order valence-corrected chi connectivity index (χ3v) is 5.08. The molecule has 2 heterocycles. The second-order valence-corrected chi connectivity index (χ2v) is 6.97. The van der Waals surface area contributed by atoms with E-state index in [4.69, 9.17) is 5.10 Å². The lowest BCUT2D eigenvalue weighted by Gasteiger charge is -2.27. The molecule has 2 aromatic carbocycles. The van der Waals surface area contributed by atoms with Crippen molar-refractivity contribution in [3.8, 4) is 11.3 Å². The van der Waals surface area contributed by atoms with Crippen molar-refractivity contribution in [1.29, 1.82) is 0 Å². The molecule has 0 aliphatic carbocycles. The van der Waals surface area contributed by atoms with Gasteiger partial charge in [-0.05, 0) is 12.5 Å². The fourth-order valence-electron chi connectivity index (χ4n) is 3.59. The summed E-state index contributed by atoms with van der Waals surface area (Å²) in [5.74, 6) is 0.126. The maximum Gasteiger partial charge on any atom is 0.219 e. The minimum Gasteiger partial charge on any atom is -0.338 e. The van der Waals surface area contributed by atoms with Gasteiger partial charge >= 0.3 is 0 Å². The summed E-state index contributed by atoms with van der Waals surface area (Å²) in [4.78, 5) is 13.8. The highest BCUT2D eigenvalue weighted by Crippen LogP contribution is 2.30. The molecule has 0 bridgehead atoms. The summed E-state index contributed by atoms with van der Waals surface area (Å²) >= 11 is 0. The van der Waals surface area contributed by atoms with Crippen molar-refractivity contribution >= 4 is 5.91 Å². The molecule has 0 unspecified atom stereocenters. The molecule has 0 spiro atoms. The first-order valence-electron chi connectivity index (χ1n) is 9.07. The summed E-state index contributed by atoms with van der Waals surface area (Å²) in [6.45, 7) is 5.89. The molecule has 3 aromatic rings. The average Bonchev–Trinajstić information content (AvgIpc) is 3.01. The van der Waals surface area contributed by atoms with E-state index < -0.39 is 0 Å². The zero-order valence-corrected chi connectivity index (χ0v) is 15.3. The molecule has 1 aliphatic heterocycles. The van der Waals surface area contributed by atoms with Crippen LogP contribution in [-0.2, 0) is 24.3 Å². The highest BCUT2D eigenvalue weighted by molar-refractivity contribution is 5.74. The van der Waals surface area contributed by atoms with E-state index in [2.05, 4.69) is 60.1 Å². The number of hydrogen-bond acceptors (Lipinski definition) is 2. The quantitative estimate of drug-likeness (QED) is 0.724. The van der Waals surface area contributed by atoms with Crippen LogP contribution in [-0.4, -0.2) is 27.1 Å². The Hall–Kier alpha value is -2.88. The Kier molecular flexibility index (Phi) is 4.33. The first kappa shape index (κ1) is 16.6. The second kappa shape index (κ2) is 6.79. The van der Waals surface area contributed by atoms with Gasteiger partial charge in [-0.3, -0.25) is 9.48 Å². The van der Waals surface area contributed by atoms with Crippen LogP contribution in [0.15, 0.2) is 54.6 Å². The van der Waals surface area contributed by atoms with Crippen LogP contribution in [0.3, 0.4) is 0 Å². The third kappa shape index (κ3) is 3.15. The number of carbonyl (C=O) groups is 1. The van der Waals surface area contributed by atoms with E-state index in [0.29, 0.717) is 6.54 Å². The number of amides is 1. The highest BCUT2D eigenvalue weighted by atomic mass is 16.2. The number of fused-ring (bicyclic) bond motifs is 1. The van der Waals surface area contributed by atoms with Gasteiger partial charge in [-0.25, -0.2) is 0 Å². The standard InChI is InChI=1S/C22H23N3O/c1-16-8-10-19(11-9-16)22-20-15-24(17(2)26)13-12-21(20)25(23-22)14-18-6-4-3-5-7-18/h3-11H,12-15H2,1-2H3. The molecule has 0 N–H and O–H groups in total. The Bertz CT molecular complexity index is 926. The number of carbonyl (C=O) groups excluding carboxylic acids is 1. The molecule has 0 saturated carbocycles. The van der Waals surface area contributed by atoms with E-state index in [0.717, 1.165) is 30.8 Å². The number of nitrogens with zero attached hydrogens (tertiary/aromatic N) is 3. The largest absolute Gasteiger partial charge is 0.338 e. The van der Waals surface area contributed by atoms with Gasteiger partial charge in [-0.2, -0.15) is 5.10 Å². The maximum absolute atomic E-state index is 11.9. The minimum absolute atomic E-state index is 0.126. The molecule has 4 nitrogen and oxygen atoms in total. The van der Waals surface area contributed by atoms with Crippen molar-refractivity contribution in [2.75, 3.05) is 6.54 Å². The van der Waals surface area contributed by atoms with Gasteiger partial charge in [-0.15, -0.1) is 0 Å². The van der Waals surface area contributed by atoms with Crippen molar-refractivity contribution in [3.63, 3.8) is 0 Å². The Balaban J connectivity index is 1.78. The van der Waals surface area contributed by atoms with Crippen molar-refractivity contribution in [2.45, 2.75) is 33.4 Å². The summed E-state index contributed by atoms with van der Waals surface area (Å²) in [7, 11) is 0. The molecule has 1 aromatic heterocycles. The fraction of sp³-hybridized carbons (Fsp3) is 0.273. The summed E-state index contributed by atoms with van der Waals surface area (Å²) in [6.07, 6.45) is 0.848. The summed E-state index contributed by atoms with van der Waals surface area (Å²) in [6, 6.07) is 18.9. The molecule has 1 aliphatic rings. The normalized spacial score (nSPS) is 13.5. The Morgan fingerprint density at radius 1 is 1.08 bits per heavy atom. The molecule has 132 valence electrons. The van der Waals surface area contributed by atoms with Gasteiger partial charge in [0.1, 0.15) is 0 Å². The summed E-state index contributed by atoms with van der Waals surface area (Å²) in [5.41, 5.74) is 7.03. The predicted molar refractivity (Wildman–Crippen MR) is 103 cm³/mol. The second-order valence-electron chi connectivity index (χ2n) is 6.97. The van der Waals surface area contributed by atoms with Crippen molar-refractivity contribution in [3.05, 3.63) is 77.0 Å². The van der Waals surface area contributed by atoms with Crippen molar-refractivity contribution in [2.24, 2.45) is 0 Å². The average molecular weight is 345 g/mol. The van der Waals surface area contributed by atoms with Crippen molar-refractivity contribution < 1.29 is 4.79 Å². The Labute approximate surface area is 154 Å². The van der Waals surface area contributed by atoms with Crippen LogP contribution in [0.4, 0.5) is 0 Å². The van der Waals surface area contributed by atoms with E-state index in [9.17, 15) is 4.79 Å². The number of aryl methyl sites for hydroxylation is 1. The lowest BCUT2D eigenvalue weighted by atomic mass is 10.00. The van der Waals surface area contributed by atoms with Crippen LogP contribution >= 0.6 is 0 Å². The molecule has 0 fully saturated rings. The molecule has 4 heteroatoms.